The topological polar surface area (TPSA) is 56.2 Å². The monoisotopic (exact) mass is 792 g/mol. The zero-order valence-electron chi connectivity index (χ0n) is 33.5. The van der Waals surface area contributed by atoms with E-state index in [9.17, 15) is 0 Å². The van der Waals surface area contributed by atoms with Crippen molar-refractivity contribution in [2.24, 2.45) is 0 Å². The van der Waals surface area contributed by atoms with Crippen LogP contribution in [0.3, 0.4) is 0 Å². The maximum absolute atomic E-state index is 6.15. The molecule has 0 aliphatic carbocycles. The summed E-state index contributed by atoms with van der Waals surface area (Å²) in [5, 5.41) is 9.93. The van der Waals surface area contributed by atoms with Gasteiger partial charge in [-0.15, -0.1) is 0 Å². The summed E-state index contributed by atoms with van der Waals surface area (Å²) >= 11 is 0. The van der Waals surface area contributed by atoms with Crippen molar-refractivity contribution in [3.8, 4) is 78.7 Å². The minimum absolute atomic E-state index is 0.646. The van der Waals surface area contributed by atoms with Crippen LogP contribution in [-0.4, -0.2) is 19.6 Å². The lowest BCUT2D eigenvalue weighted by atomic mass is 9.95. The Hall–Kier alpha value is -8.41. The van der Waals surface area contributed by atoms with E-state index in [2.05, 4.69) is 205 Å². The fourth-order valence-corrected chi connectivity index (χ4v) is 8.83. The first kappa shape index (κ1) is 35.5. The Morgan fingerprint density at radius 3 is 1.71 bits per heavy atom. The molecule has 0 unspecified atom stereocenters. The highest BCUT2D eigenvalue weighted by atomic mass is 16.3. The van der Waals surface area contributed by atoms with Crippen LogP contribution in [-0.2, 0) is 0 Å². The van der Waals surface area contributed by atoms with Gasteiger partial charge < -0.3 is 4.42 Å². The van der Waals surface area contributed by atoms with Gasteiger partial charge in [0.1, 0.15) is 16.9 Å². The van der Waals surface area contributed by atoms with E-state index in [1.54, 1.807) is 0 Å². The zero-order valence-corrected chi connectivity index (χ0v) is 33.5. The van der Waals surface area contributed by atoms with Gasteiger partial charge in [0.15, 0.2) is 5.82 Å². The number of para-hydroxylation sites is 1. The molecular formula is C57H36N4O. The van der Waals surface area contributed by atoms with Crippen molar-refractivity contribution in [3.05, 3.63) is 218 Å². The zero-order chi connectivity index (χ0) is 41.0. The Morgan fingerprint density at radius 1 is 0.355 bits per heavy atom. The number of hydrogen-bond donors (Lipinski definition) is 0. The second-order valence-electron chi connectivity index (χ2n) is 15.6. The highest BCUT2D eigenvalue weighted by Gasteiger charge is 2.22. The van der Waals surface area contributed by atoms with Crippen LogP contribution in [0.25, 0.3) is 117 Å². The van der Waals surface area contributed by atoms with Crippen LogP contribution in [0.2, 0.25) is 0 Å². The molecule has 5 heteroatoms. The van der Waals surface area contributed by atoms with Crippen molar-refractivity contribution < 1.29 is 4.42 Å². The van der Waals surface area contributed by atoms with E-state index in [-0.39, 0.29) is 0 Å². The number of rotatable bonds is 7. The quantitative estimate of drug-likeness (QED) is 0.161. The molecule has 0 atom stereocenters. The standard InChI is InChI=1S/C57H36N4O/c1-4-16-37(17-5-1)49-36-50(43-24-14-23-40(32-43)41-30-31-53-48(34-41)47-28-12-13-29-52(47)62-53)59-57(58-49)45-26-15-25-44(33-45)54-55(39-20-8-3-9-21-39)60-61-51(38-18-6-2-7-19-38)35-42-22-10-11-27-46(42)56(54)61/h1-36H. The summed E-state index contributed by atoms with van der Waals surface area (Å²) in [4.78, 5) is 10.6. The van der Waals surface area contributed by atoms with E-state index in [0.717, 1.165) is 111 Å². The third kappa shape index (κ3) is 6.14. The minimum atomic E-state index is 0.646. The van der Waals surface area contributed by atoms with Gasteiger partial charge in [0.25, 0.3) is 0 Å². The molecule has 4 aromatic heterocycles. The third-order valence-electron chi connectivity index (χ3n) is 11.8. The smallest absolute Gasteiger partial charge is 0.160 e. The second kappa shape index (κ2) is 14.7. The Kier molecular flexibility index (Phi) is 8.42. The van der Waals surface area contributed by atoms with Crippen molar-refractivity contribution in [1.82, 2.24) is 19.6 Å². The normalized spacial score (nSPS) is 11.5. The van der Waals surface area contributed by atoms with Gasteiger partial charge in [-0.25, -0.2) is 14.5 Å². The van der Waals surface area contributed by atoms with E-state index in [0.29, 0.717) is 5.82 Å². The van der Waals surface area contributed by atoms with Crippen LogP contribution < -0.4 is 0 Å². The number of nitrogens with zero attached hydrogens (tertiary/aromatic N) is 4. The molecule has 5 nitrogen and oxygen atoms in total. The van der Waals surface area contributed by atoms with Crippen molar-refractivity contribution in [3.63, 3.8) is 0 Å². The Morgan fingerprint density at radius 2 is 0.919 bits per heavy atom. The van der Waals surface area contributed by atoms with Gasteiger partial charge in [0, 0.05) is 49.5 Å². The lowest BCUT2D eigenvalue weighted by molar-refractivity contribution is 0.669. The number of hydrogen-bond acceptors (Lipinski definition) is 4. The van der Waals surface area contributed by atoms with Gasteiger partial charge >= 0.3 is 0 Å². The van der Waals surface area contributed by atoms with Crippen molar-refractivity contribution in [2.75, 3.05) is 0 Å². The predicted octanol–water partition coefficient (Wildman–Crippen LogP) is 14.8. The molecule has 12 aromatic rings. The number of benzene rings is 8. The summed E-state index contributed by atoms with van der Waals surface area (Å²) in [5.41, 5.74) is 15.9. The molecule has 8 aromatic carbocycles. The fraction of sp³-hybridized carbons (Fsp3) is 0. The lowest BCUT2D eigenvalue weighted by Gasteiger charge is -2.12. The number of aromatic nitrogens is 4. The van der Waals surface area contributed by atoms with Crippen LogP contribution in [0.15, 0.2) is 223 Å². The molecule has 0 fully saturated rings. The number of pyridine rings is 1. The first-order valence-corrected chi connectivity index (χ1v) is 20.8. The number of fused-ring (bicyclic) bond motifs is 6. The summed E-state index contributed by atoms with van der Waals surface area (Å²) in [6.07, 6.45) is 0. The molecule has 4 heterocycles. The average Bonchev–Trinajstić information content (AvgIpc) is 3.94. The first-order valence-electron chi connectivity index (χ1n) is 20.8. The molecule has 0 saturated heterocycles. The van der Waals surface area contributed by atoms with E-state index in [1.165, 1.54) is 0 Å². The van der Waals surface area contributed by atoms with Gasteiger partial charge in [-0.2, -0.15) is 5.10 Å². The predicted molar refractivity (Wildman–Crippen MR) is 254 cm³/mol. The van der Waals surface area contributed by atoms with Crippen molar-refractivity contribution in [1.29, 1.82) is 0 Å². The van der Waals surface area contributed by atoms with E-state index >= 15 is 0 Å². The molecule has 12 rings (SSSR count). The van der Waals surface area contributed by atoms with E-state index < -0.39 is 0 Å². The Balaban J connectivity index is 1.04. The molecule has 0 saturated carbocycles. The van der Waals surface area contributed by atoms with Gasteiger partial charge in [-0.1, -0.05) is 176 Å². The average molecular weight is 793 g/mol. The molecule has 62 heavy (non-hydrogen) atoms. The van der Waals surface area contributed by atoms with Gasteiger partial charge in [-0.05, 0) is 64.5 Å². The van der Waals surface area contributed by atoms with E-state index in [1.807, 2.05) is 18.2 Å². The SMILES string of the molecule is c1ccc(-c2cc(-c3cccc(-c4ccc5oc6ccccc6c5c4)c3)nc(-c3cccc(-c4c(-c5ccccc5)nn5c(-c6ccccc6)cc6ccccc6c45)c3)n2)cc1. The molecule has 0 bridgehead atoms. The van der Waals surface area contributed by atoms with Crippen LogP contribution in [0.1, 0.15) is 0 Å². The van der Waals surface area contributed by atoms with Gasteiger partial charge in [0.05, 0.1) is 22.6 Å². The summed E-state index contributed by atoms with van der Waals surface area (Å²) in [6, 6.07) is 76.2. The summed E-state index contributed by atoms with van der Waals surface area (Å²) in [6.45, 7) is 0. The molecular weight excluding hydrogens is 757 g/mol. The molecule has 290 valence electrons. The van der Waals surface area contributed by atoms with Crippen LogP contribution >= 0.6 is 0 Å². The summed E-state index contributed by atoms with van der Waals surface area (Å²) in [5.74, 6) is 0.646. The van der Waals surface area contributed by atoms with Crippen LogP contribution in [0, 0.1) is 0 Å². The molecule has 0 aliphatic heterocycles. The van der Waals surface area contributed by atoms with E-state index in [4.69, 9.17) is 19.5 Å². The summed E-state index contributed by atoms with van der Waals surface area (Å²) in [7, 11) is 0. The number of furan rings is 1. The Bertz CT molecular complexity index is 3630. The van der Waals surface area contributed by atoms with Crippen molar-refractivity contribution >= 4 is 38.2 Å². The molecule has 0 aliphatic rings. The maximum Gasteiger partial charge on any atom is 0.160 e. The van der Waals surface area contributed by atoms with Crippen LogP contribution in [0.5, 0.6) is 0 Å². The van der Waals surface area contributed by atoms with Crippen molar-refractivity contribution in [2.45, 2.75) is 0 Å². The first-order chi connectivity index (χ1) is 30.7. The highest BCUT2D eigenvalue weighted by molar-refractivity contribution is 6.09. The molecule has 0 spiro atoms. The van der Waals surface area contributed by atoms with Crippen LogP contribution in [0.4, 0.5) is 0 Å². The summed E-state index contributed by atoms with van der Waals surface area (Å²) < 4.78 is 8.28. The molecule has 0 amide bonds. The third-order valence-corrected chi connectivity index (χ3v) is 11.8. The largest absolute Gasteiger partial charge is 0.456 e. The molecule has 0 radical (unpaired) electrons. The van der Waals surface area contributed by atoms with Gasteiger partial charge in [0.2, 0.25) is 0 Å². The maximum atomic E-state index is 6.15. The van der Waals surface area contributed by atoms with Gasteiger partial charge in [-0.3, -0.25) is 0 Å². The lowest BCUT2D eigenvalue weighted by Crippen LogP contribution is -1.97. The molecule has 0 N–H and O–H groups in total. The minimum Gasteiger partial charge on any atom is -0.456 e. The fourth-order valence-electron chi connectivity index (χ4n) is 8.83. The highest BCUT2D eigenvalue weighted by Crippen LogP contribution is 2.42. The second-order valence-corrected chi connectivity index (χ2v) is 15.6. The Labute approximate surface area is 357 Å².